The minimum atomic E-state index is 0.920. The van der Waals surface area contributed by atoms with Crippen LogP contribution in [0.5, 0.6) is 0 Å². The van der Waals surface area contributed by atoms with Crippen LogP contribution in [0.2, 0.25) is 0 Å². The first kappa shape index (κ1) is 8.88. The molecule has 1 aromatic carbocycles. The van der Waals surface area contributed by atoms with E-state index < -0.39 is 0 Å². The summed E-state index contributed by atoms with van der Waals surface area (Å²) in [6, 6.07) is 10.1. The van der Waals surface area contributed by atoms with Crippen molar-refractivity contribution in [1.82, 2.24) is 4.98 Å². The fourth-order valence-electron chi connectivity index (χ4n) is 1.38. The predicted molar refractivity (Wildman–Crippen MR) is 60.2 cm³/mol. The minimum absolute atomic E-state index is 0.920. The van der Waals surface area contributed by atoms with Gasteiger partial charge in [-0.15, -0.1) is 0 Å². The summed E-state index contributed by atoms with van der Waals surface area (Å²) in [5.74, 6) is 0. The number of aliphatic imine (C=N–C) groups is 1. The van der Waals surface area contributed by atoms with E-state index in [9.17, 15) is 0 Å². The molecule has 0 saturated heterocycles. The maximum absolute atomic E-state index is 4.36. The second kappa shape index (κ2) is 3.58. The monoisotopic (exact) mass is 184 g/mol. The van der Waals surface area contributed by atoms with Gasteiger partial charge in [0.15, 0.2) is 0 Å². The van der Waals surface area contributed by atoms with Gasteiger partial charge >= 0.3 is 0 Å². The third kappa shape index (κ3) is 1.79. The van der Waals surface area contributed by atoms with Gasteiger partial charge in [0.2, 0.25) is 0 Å². The van der Waals surface area contributed by atoms with Crippen molar-refractivity contribution in [2.24, 2.45) is 4.99 Å². The van der Waals surface area contributed by atoms with Gasteiger partial charge in [0.25, 0.3) is 0 Å². The molecule has 0 fully saturated rings. The summed E-state index contributed by atoms with van der Waals surface area (Å²) in [6.45, 7) is 3.96. The summed E-state index contributed by atoms with van der Waals surface area (Å²) < 4.78 is 0. The van der Waals surface area contributed by atoms with Crippen LogP contribution in [-0.2, 0) is 0 Å². The molecule has 0 unspecified atom stereocenters. The highest BCUT2D eigenvalue weighted by atomic mass is 14.8. The van der Waals surface area contributed by atoms with Crippen LogP contribution in [0.4, 0.5) is 5.69 Å². The van der Waals surface area contributed by atoms with Crippen LogP contribution in [0.3, 0.4) is 0 Å². The molecular weight excluding hydrogens is 172 g/mol. The van der Waals surface area contributed by atoms with Crippen molar-refractivity contribution in [3.05, 3.63) is 36.5 Å². The number of hydrogen-bond donors (Lipinski definition) is 0. The van der Waals surface area contributed by atoms with Gasteiger partial charge in [-0.25, -0.2) is 0 Å². The Bertz CT molecular complexity index is 482. The average molecular weight is 184 g/mol. The smallest absolute Gasteiger partial charge is 0.0818 e. The highest BCUT2D eigenvalue weighted by molar-refractivity contribution is 5.85. The van der Waals surface area contributed by atoms with E-state index in [1.807, 2.05) is 38.1 Å². The van der Waals surface area contributed by atoms with E-state index in [1.165, 1.54) is 0 Å². The Labute approximate surface area is 83.3 Å². The Kier molecular flexibility index (Phi) is 2.27. The lowest BCUT2D eigenvalue weighted by atomic mass is 10.2. The van der Waals surface area contributed by atoms with Crippen molar-refractivity contribution in [2.75, 3.05) is 0 Å². The second-order valence-corrected chi connectivity index (χ2v) is 3.45. The van der Waals surface area contributed by atoms with E-state index in [-0.39, 0.29) is 0 Å². The highest BCUT2D eigenvalue weighted by Gasteiger charge is 1.94. The predicted octanol–water partition coefficient (Wildman–Crippen LogP) is 3.35. The third-order valence-electron chi connectivity index (χ3n) is 1.93. The zero-order chi connectivity index (χ0) is 9.97. The van der Waals surface area contributed by atoms with E-state index in [1.54, 1.807) is 6.20 Å². The van der Waals surface area contributed by atoms with E-state index in [0.29, 0.717) is 0 Å². The molecule has 1 heterocycles. The number of pyridine rings is 1. The van der Waals surface area contributed by atoms with Crippen molar-refractivity contribution in [3.8, 4) is 0 Å². The van der Waals surface area contributed by atoms with Gasteiger partial charge in [-0.2, -0.15) is 0 Å². The van der Waals surface area contributed by atoms with Crippen molar-refractivity contribution in [1.29, 1.82) is 0 Å². The molecular formula is C12H12N2. The van der Waals surface area contributed by atoms with Crippen LogP contribution in [0.1, 0.15) is 13.8 Å². The molecule has 0 saturated carbocycles. The minimum Gasteiger partial charge on any atom is -0.257 e. The average Bonchev–Trinajstić information content (AvgIpc) is 2.17. The van der Waals surface area contributed by atoms with Gasteiger partial charge in [-0.3, -0.25) is 9.98 Å². The number of nitrogens with zero attached hydrogens (tertiary/aromatic N) is 2. The topological polar surface area (TPSA) is 25.2 Å². The Morgan fingerprint density at radius 1 is 1.21 bits per heavy atom. The molecule has 0 aliphatic heterocycles. The largest absolute Gasteiger partial charge is 0.257 e. The number of benzene rings is 1. The Morgan fingerprint density at radius 2 is 2.00 bits per heavy atom. The van der Waals surface area contributed by atoms with E-state index >= 15 is 0 Å². The SMILES string of the molecule is CC(C)=Nc1cnc2ccccc2c1. The van der Waals surface area contributed by atoms with Crippen LogP contribution in [0, 0.1) is 0 Å². The van der Waals surface area contributed by atoms with Crippen molar-refractivity contribution in [2.45, 2.75) is 13.8 Å². The summed E-state index contributed by atoms with van der Waals surface area (Å²) in [5, 5.41) is 1.13. The molecule has 0 bridgehead atoms. The van der Waals surface area contributed by atoms with Gasteiger partial charge in [-0.1, -0.05) is 18.2 Å². The molecule has 2 rings (SSSR count). The summed E-state index contributed by atoms with van der Waals surface area (Å²) in [6.07, 6.45) is 1.80. The fourth-order valence-corrected chi connectivity index (χ4v) is 1.38. The molecule has 0 spiro atoms. The van der Waals surface area contributed by atoms with Gasteiger partial charge in [-0.05, 0) is 26.0 Å². The van der Waals surface area contributed by atoms with Crippen molar-refractivity contribution < 1.29 is 0 Å². The lowest BCUT2D eigenvalue weighted by molar-refractivity contribution is 1.36. The van der Waals surface area contributed by atoms with Gasteiger partial charge in [0.05, 0.1) is 17.4 Å². The quantitative estimate of drug-likeness (QED) is 0.624. The second-order valence-electron chi connectivity index (χ2n) is 3.45. The number of fused-ring (bicyclic) bond motifs is 1. The van der Waals surface area contributed by atoms with Crippen molar-refractivity contribution >= 4 is 22.3 Å². The maximum Gasteiger partial charge on any atom is 0.0818 e. The molecule has 14 heavy (non-hydrogen) atoms. The fraction of sp³-hybridized carbons (Fsp3) is 0.167. The molecule has 1 aromatic heterocycles. The van der Waals surface area contributed by atoms with Crippen LogP contribution >= 0.6 is 0 Å². The normalized spacial score (nSPS) is 10.1. The highest BCUT2D eigenvalue weighted by Crippen LogP contribution is 2.18. The summed E-state index contributed by atoms with van der Waals surface area (Å²) in [7, 11) is 0. The lowest BCUT2D eigenvalue weighted by Gasteiger charge is -1.98. The molecule has 70 valence electrons. The lowest BCUT2D eigenvalue weighted by Crippen LogP contribution is -1.81. The molecule has 2 nitrogen and oxygen atoms in total. The number of aromatic nitrogens is 1. The van der Waals surface area contributed by atoms with E-state index in [0.717, 1.165) is 22.3 Å². The first-order valence-corrected chi connectivity index (χ1v) is 4.62. The van der Waals surface area contributed by atoms with Crippen LogP contribution in [-0.4, -0.2) is 10.7 Å². The number of para-hydroxylation sites is 1. The standard InChI is InChI=1S/C12H12N2/c1-9(2)14-11-7-10-5-3-4-6-12(10)13-8-11/h3-8H,1-2H3. The third-order valence-corrected chi connectivity index (χ3v) is 1.93. The summed E-state index contributed by atoms with van der Waals surface area (Å²) in [4.78, 5) is 8.69. The number of hydrogen-bond acceptors (Lipinski definition) is 2. The zero-order valence-corrected chi connectivity index (χ0v) is 8.36. The molecule has 2 aromatic rings. The van der Waals surface area contributed by atoms with E-state index in [4.69, 9.17) is 0 Å². The molecule has 0 aliphatic rings. The first-order chi connectivity index (χ1) is 6.75. The molecule has 0 radical (unpaired) electrons. The Hall–Kier alpha value is -1.70. The number of rotatable bonds is 1. The molecule has 2 heteroatoms. The molecule has 0 aliphatic carbocycles. The van der Waals surface area contributed by atoms with Crippen molar-refractivity contribution in [3.63, 3.8) is 0 Å². The van der Waals surface area contributed by atoms with Gasteiger partial charge < -0.3 is 0 Å². The van der Waals surface area contributed by atoms with Gasteiger partial charge in [0.1, 0.15) is 0 Å². The zero-order valence-electron chi connectivity index (χ0n) is 8.36. The Balaban J connectivity index is 2.57. The molecule has 0 N–H and O–H groups in total. The Morgan fingerprint density at radius 3 is 2.79 bits per heavy atom. The van der Waals surface area contributed by atoms with Crippen LogP contribution in [0.15, 0.2) is 41.5 Å². The summed E-state index contributed by atoms with van der Waals surface area (Å²) >= 11 is 0. The molecule has 0 atom stereocenters. The van der Waals surface area contributed by atoms with Crippen LogP contribution in [0.25, 0.3) is 10.9 Å². The van der Waals surface area contributed by atoms with Gasteiger partial charge in [0, 0.05) is 11.1 Å². The summed E-state index contributed by atoms with van der Waals surface area (Å²) in [5.41, 5.74) is 2.98. The first-order valence-electron chi connectivity index (χ1n) is 4.62. The van der Waals surface area contributed by atoms with E-state index in [2.05, 4.69) is 16.0 Å². The molecule has 0 amide bonds. The maximum atomic E-state index is 4.36. The van der Waals surface area contributed by atoms with Crippen LogP contribution < -0.4 is 0 Å².